The molecule has 1 aromatic carbocycles. The number of amides is 1. The van der Waals surface area contributed by atoms with Gasteiger partial charge in [0, 0.05) is 17.4 Å². The molecule has 0 radical (unpaired) electrons. The van der Waals surface area contributed by atoms with Crippen molar-refractivity contribution in [1.29, 1.82) is 0 Å². The van der Waals surface area contributed by atoms with Crippen molar-refractivity contribution < 1.29 is 4.79 Å². The number of hydrogen-bond donors (Lipinski definition) is 2. The molecule has 0 spiro atoms. The predicted octanol–water partition coefficient (Wildman–Crippen LogP) is 2.94. The van der Waals surface area contributed by atoms with Crippen LogP contribution in [0, 0.1) is 11.8 Å². The third-order valence-corrected chi connectivity index (χ3v) is 3.79. The summed E-state index contributed by atoms with van der Waals surface area (Å²) in [7, 11) is 0. The molecular formula is C15H18N2O. The number of aromatic amines is 1. The van der Waals surface area contributed by atoms with E-state index in [-0.39, 0.29) is 5.91 Å². The Balaban J connectivity index is 1.67. The van der Waals surface area contributed by atoms with Gasteiger partial charge in [-0.2, -0.15) is 0 Å². The van der Waals surface area contributed by atoms with E-state index < -0.39 is 0 Å². The summed E-state index contributed by atoms with van der Waals surface area (Å²) in [6.45, 7) is 2.99. The third-order valence-electron chi connectivity index (χ3n) is 3.79. The molecule has 1 aliphatic rings. The first-order valence-corrected chi connectivity index (χ1v) is 6.60. The largest absolute Gasteiger partial charge is 0.351 e. The van der Waals surface area contributed by atoms with Crippen LogP contribution in [0.1, 0.15) is 30.3 Å². The number of carbonyl (C=O) groups is 1. The molecule has 1 amide bonds. The van der Waals surface area contributed by atoms with Crippen LogP contribution in [0.4, 0.5) is 0 Å². The zero-order valence-corrected chi connectivity index (χ0v) is 10.6. The molecule has 3 heteroatoms. The molecule has 18 heavy (non-hydrogen) atoms. The average Bonchev–Trinajstić information content (AvgIpc) is 3.14. The van der Waals surface area contributed by atoms with Crippen molar-refractivity contribution in [2.75, 3.05) is 6.54 Å². The summed E-state index contributed by atoms with van der Waals surface area (Å²) < 4.78 is 0. The molecular weight excluding hydrogens is 224 g/mol. The van der Waals surface area contributed by atoms with Crippen LogP contribution in [-0.4, -0.2) is 17.4 Å². The van der Waals surface area contributed by atoms with Gasteiger partial charge < -0.3 is 10.3 Å². The van der Waals surface area contributed by atoms with Gasteiger partial charge in [0.15, 0.2) is 0 Å². The molecule has 1 saturated carbocycles. The summed E-state index contributed by atoms with van der Waals surface area (Å²) in [5.74, 6) is 1.42. The number of fused-ring (bicyclic) bond motifs is 1. The zero-order valence-electron chi connectivity index (χ0n) is 10.6. The van der Waals surface area contributed by atoms with E-state index in [9.17, 15) is 4.79 Å². The summed E-state index contributed by atoms with van der Waals surface area (Å²) in [5.41, 5.74) is 1.66. The maximum Gasteiger partial charge on any atom is 0.267 e. The van der Waals surface area contributed by atoms with Crippen molar-refractivity contribution >= 4 is 16.8 Å². The molecule has 0 aliphatic heterocycles. The first kappa shape index (κ1) is 11.3. The van der Waals surface area contributed by atoms with E-state index in [0.717, 1.165) is 23.4 Å². The molecule has 1 unspecified atom stereocenters. The van der Waals surface area contributed by atoms with Crippen LogP contribution in [0.15, 0.2) is 30.3 Å². The van der Waals surface area contributed by atoms with Crippen LogP contribution in [0.25, 0.3) is 10.9 Å². The van der Waals surface area contributed by atoms with Gasteiger partial charge >= 0.3 is 0 Å². The minimum absolute atomic E-state index is 0.00120. The summed E-state index contributed by atoms with van der Waals surface area (Å²) in [6.07, 6.45) is 2.65. The fraction of sp³-hybridized carbons (Fsp3) is 0.400. The topological polar surface area (TPSA) is 44.9 Å². The Morgan fingerprint density at radius 1 is 1.44 bits per heavy atom. The lowest BCUT2D eigenvalue weighted by Crippen LogP contribution is -2.29. The van der Waals surface area contributed by atoms with Gasteiger partial charge in [0.1, 0.15) is 5.69 Å². The van der Waals surface area contributed by atoms with E-state index in [4.69, 9.17) is 0 Å². The van der Waals surface area contributed by atoms with Crippen molar-refractivity contribution in [1.82, 2.24) is 10.3 Å². The number of H-pyrrole nitrogens is 1. The highest BCUT2D eigenvalue weighted by Gasteiger charge is 2.27. The van der Waals surface area contributed by atoms with Crippen molar-refractivity contribution in [3.05, 3.63) is 36.0 Å². The van der Waals surface area contributed by atoms with Crippen molar-refractivity contribution in [2.24, 2.45) is 11.8 Å². The van der Waals surface area contributed by atoms with E-state index in [2.05, 4.69) is 17.2 Å². The fourth-order valence-electron chi connectivity index (χ4n) is 2.38. The normalized spacial score (nSPS) is 16.7. The number of hydrogen-bond acceptors (Lipinski definition) is 1. The van der Waals surface area contributed by atoms with Gasteiger partial charge in [0.25, 0.3) is 5.91 Å². The average molecular weight is 242 g/mol. The number of para-hydroxylation sites is 1. The number of rotatable bonds is 4. The van der Waals surface area contributed by atoms with Gasteiger partial charge in [0.05, 0.1) is 0 Å². The first-order valence-electron chi connectivity index (χ1n) is 6.60. The van der Waals surface area contributed by atoms with Gasteiger partial charge in [-0.3, -0.25) is 4.79 Å². The van der Waals surface area contributed by atoms with Crippen LogP contribution in [-0.2, 0) is 0 Å². The summed E-state index contributed by atoms with van der Waals surface area (Å²) >= 11 is 0. The lowest BCUT2D eigenvalue weighted by molar-refractivity contribution is 0.0942. The Morgan fingerprint density at radius 3 is 2.94 bits per heavy atom. The second-order valence-corrected chi connectivity index (χ2v) is 5.30. The molecule has 1 atom stereocenters. The smallest absolute Gasteiger partial charge is 0.267 e. The minimum Gasteiger partial charge on any atom is -0.351 e. The Bertz CT molecular complexity index is 536. The predicted molar refractivity (Wildman–Crippen MR) is 72.5 cm³/mol. The number of aromatic nitrogens is 1. The van der Waals surface area contributed by atoms with Crippen molar-refractivity contribution in [2.45, 2.75) is 19.8 Å². The van der Waals surface area contributed by atoms with Gasteiger partial charge in [-0.1, -0.05) is 25.1 Å². The van der Waals surface area contributed by atoms with Gasteiger partial charge in [-0.25, -0.2) is 0 Å². The lowest BCUT2D eigenvalue weighted by Gasteiger charge is -2.10. The van der Waals surface area contributed by atoms with Crippen LogP contribution in [0.3, 0.4) is 0 Å². The standard InChI is InChI=1S/C15H18N2O/c1-10(11-6-7-11)9-16-15(18)14-8-12-4-2-3-5-13(12)17-14/h2-5,8,10-11,17H,6-7,9H2,1H3,(H,16,18). The Morgan fingerprint density at radius 2 is 2.22 bits per heavy atom. The molecule has 94 valence electrons. The molecule has 0 saturated heterocycles. The lowest BCUT2D eigenvalue weighted by atomic mass is 10.1. The maximum absolute atomic E-state index is 12.0. The molecule has 1 aromatic heterocycles. The third kappa shape index (κ3) is 2.26. The summed E-state index contributed by atoms with van der Waals surface area (Å²) in [4.78, 5) is 15.2. The summed E-state index contributed by atoms with van der Waals surface area (Å²) in [5, 5.41) is 4.09. The molecule has 1 heterocycles. The molecule has 0 bridgehead atoms. The molecule has 1 fully saturated rings. The highest BCUT2D eigenvalue weighted by molar-refractivity contribution is 5.97. The number of carbonyl (C=O) groups excluding carboxylic acids is 1. The maximum atomic E-state index is 12.0. The zero-order chi connectivity index (χ0) is 12.5. The van der Waals surface area contributed by atoms with Crippen molar-refractivity contribution in [3.8, 4) is 0 Å². The monoisotopic (exact) mass is 242 g/mol. The number of nitrogens with one attached hydrogen (secondary N) is 2. The molecule has 2 aromatic rings. The number of benzene rings is 1. The van der Waals surface area contributed by atoms with Crippen LogP contribution >= 0.6 is 0 Å². The molecule has 2 N–H and O–H groups in total. The Labute approximate surface area is 107 Å². The van der Waals surface area contributed by atoms with E-state index >= 15 is 0 Å². The summed E-state index contributed by atoms with van der Waals surface area (Å²) in [6, 6.07) is 9.85. The van der Waals surface area contributed by atoms with E-state index in [1.807, 2.05) is 30.3 Å². The Hall–Kier alpha value is -1.77. The second kappa shape index (κ2) is 4.48. The Kier molecular flexibility index (Phi) is 2.82. The molecule has 1 aliphatic carbocycles. The quantitative estimate of drug-likeness (QED) is 0.850. The minimum atomic E-state index is -0.00120. The van der Waals surface area contributed by atoms with Crippen LogP contribution in [0.5, 0.6) is 0 Å². The van der Waals surface area contributed by atoms with Gasteiger partial charge in [-0.15, -0.1) is 0 Å². The van der Waals surface area contributed by atoms with E-state index in [1.54, 1.807) is 0 Å². The van der Waals surface area contributed by atoms with E-state index in [0.29, 0.717) is 11.6 Å². The van der Waals surface area contributed by atoms with Crippen molar-refractivity contribution in [3.63, 3.8) is 0 Å². The first-order chi connectivity index (χ1) is 8.74. The second-order valence-electron chi connectivity index (χ2n) is 5.30. The molecule has 3 nitrogen and oxygen atoms in total. The highest BCUT2D eigenvalue weighted by Crippen LogP contribution is 2.36. The van der Waals surface area contributed by atoms with Crippen LogP contribution < -0.4 is 5.32 Å². The van der Waals surface area contributed by atoms with Gasteiger partial charge in [0.2, 0.25) is 0 Å². The van der Waals surface area contributed by atoms with E-state index in [1.165, 1.54) is 12.8 Å². The highest BCUT2D eigenvalue weighted by atomic mass is 16.1. The fourth-order valence-corrected chi connectivity index (χ4v) is 2.38. The van der Waals surface area contributed by atoms with Gasteiger partial charge in [-0.05, 0) is 36.8 Å². The molecule has 3 rings (SSSR count). The van der Waals surface area contributed by atoms with Crippen LogP contribution in [0.2, 0.25) is 0 Å². The SMILES string of the molecule is CC(CNC(=O)c1cc2ccccc2[nH]1)C1CC1.